The normalized spacial score (nSPS) is 13.1. The van der Waals surface area contributed by atoms with Crippen LogP contribution in [0.1, 0.15) is 109 Å². The number of halogens is 1. The lowest BCUT2D eigenvalue weighted by Crippen LogP contribution is -2.54. The predicted octanol–water partition coefficient (Wildman–Crippen LogP) is 9.21. The molecular formula is C41H53ClN2O7. The van der Waals surface area contributed by atoms with Crippen LogP contribution in [-0.2, 0) is 30.0 Å². The molecule has 0 aliphatic carbocycles. The van der Waals surface area contributed by atoms with Gasteiger partial charge in [-0.1, -0.05) is 92.1 Å². The summed E-state index contributed by atoms with van der Waals surface area (Å²) in [6.07, 6.45) is 2.70. The minimum Gasteiger partial charge on any atom is -0.493 e. The summed E-state index contributed by atoms with van der Waals surface area (Å²) < 4.78 is 16.7. The van der Waals surface area contributed by atoms with E-state index in [2.05, 4.69) is 70.4 Å². The van der Waals surface area contributed by atoms with Gasteiger partial charge in [0.2, 0.25) is 11.7 Å². The molecule has 0 saturated carbocycles. The van der Waals surface area contributed by atoms with Gasteiger partial charge in [-0.15, -0.1) is 0 Å². The fourth-order valence-corrected chi connectivity index (χ4v) is 5.56. The van der Waals surface area contributed by atoms with Crippen LogP contribution in [0.25, 0.3) is 0 Å². The summed E-state index contributed by atoms with van der Waals surface area (Å²) in [6.45, 7) is 18.5. The van der Waals surface area contributed by atoms with Crippen LogP contribution in [0.5, 0.6) is 11.5 Å². The van der Waals surface area contributed by atoms with Crippen molar-refractivity contribution in [2.75, 3.05) is 24.4 Å². The molecule has 276 valence electrons. The van der Waals surface area contributed by atoms with Crippen molar-refractivity contribution in [1.29, 1.82) is 0 Å². The molecular weight excluding hydrogens is 668 g/mol. The zero-order chi connectivity index (χ0) is 38.2. The topological polar surface area (TPSA) is 120 Å². The van der Waals surface area contributed by atoms with Crippen LogP contribution in [0.3, 0.4) is 0 Å². The van der Waals surface area contributed by atoms with E-state index in [9.17, 15) is 19.2 Å². The molecule has 9 nitrogen and oxygen atoms in total. The SMILES string of the molecule is CCC(C)(C)c1ccc(OCCCC(=O)Nc2cccc(NC(=O)C(Cl)(Oc3ccc(C(=O)OC)cc3)C(=O)C(C)(C)C)c2)c(C(C)(C)CC)c1. The molecule has 0 saturated heterocycles. The van der Waals surface area contributed by atoms with Gasteiger partial charge in [0.15, 0.2) is 0 Å². The molecule has 1 atom stereocenters. The summed E-state index contributed by atoms with van der Waals surface area (Å²) in [5.74, 6) is -1.43. The Bertz CT molecular complexity index is 1710. The molecule has 0 aromatic heterocycles. The van der Waals surface area contributed by atoms with Gasteiger partial charge in [-0.05, 0) is 84.2 Å². The molecule has 0 radical (unpaired) electrons. The summed E-state index contributed by atoms with van der Waals surface area (Å²) in [4.78, 5) is 51.8. The Balaban J connectivity index is 1.67. The first-order chi connectivity index (χ1) is 23.8. The van der Waals surface area contributed by atoms with Crippen LogP contribution < -0.4 is 20.1 Å². The zero-order valence-corrected chi connectivity index (χ0v) is 32.4. The van der Waals surface area contributed by atoms with Gasteiger partial charge in [-0.3, -0.25) is 14.4 Å². The highest BCUT2D eigenvalue weighted by Crippen LogP contribution is 2.39. The quantitative estimate of drug-likeness (QED) is 0.0655. The Hall–Kier alpha value is -4.37. The van der Waals surface area contributed by atoms with Crippen molar-refractivity contribution in [3.05, 3.63) is 83.4 Å². The largest absolute Gasteiger partial charge is 0.493 e. The first kappa shape index (κ1) is 41.1. The standard InChI is InChI=1S/C41H53ClN2O7/c1-11-39(6,7)28-20-23-33(32(25-28)40(8,9)12-2)50-24-14-17-34(45)43-29-15-13-16-30(26-29)44-37(48)41(42,36(47)38(3,4)5)51-31-21-18-27(19-22-31)35(46)49-10/h13,15-16,18-23,25-26H,11-12,14,17,24H2,1-10H3,(H,43,45)(H,44,48). The molecule has 2 amide bonds. The molecule has 10 heteroatoms. The number of esters is 1. The number of nitrogens with one attached hydrogen (secondary N) is 2. The summed E-state index contributed by atoms with van der Waals surface area (Å²) in [5, 5.41) is 3.07. The maximum Gasteiger partial charge on any atom is 0.337 e. The van der Waals surface area contributed by atoms with Gasteiger partial charge in [0.05, 0.1) is 19.3 Å². The molecule has 0 spiro atoms. The lowest BCUT2D eigenvalue weighted by atomic mass is 9.76. The lowest BCUT2D eigenvalue weighted by Gasteiger charge is -2.31. The molecule has 3 aromatic carbocycles. The van der Waals surface area contributed by atoms with Crippen LogP contribution in [-0.4, -0.2) is 42.3 Å². The van der Waals surface area contributed by atoms with Crippen molar-refractivity contribution in [3.8, 4) is 11.5 Å². The molecule has 0 aliphatic heterocycles. The number of ketones is 1. The monoisotopic (exact) mass is 720 g/mol. The van der Waals surface area contributed by atoms with Gasteiger partial charge in [0.25, 0.3) is 5.91 Å². The minimum absolute atomic E-state index is 0.0564. The Labute approximate surface area is 307 Å². The minimum atomic E-state index is -2.44. The van der Waals surface area contributed by atoms with Crippen molar-refractivity contribution in [2.45, 2.75) is 104 Å². The third-order valence-corrected chi connectivity index (χ3v) is 9.69. The van der Waals surface area contributed by atoms with Crippen LogP contribution in [0, 0.1) is 5.41 Å². The molecule has 0 aliphatic rings. The number of hydrogen-bond donors (Lipinski definition) is 2. The Kier molecular flexibility index (Phi) is 13.5. The molecule has 0 heterocycles. The Morgan fingerprint density at radius 1 is 0.765 bits per heavy atom. The van der Waals surface area contributed by atoms with Gasteiger partial charge in [-0.25, -0.2) is 4.79 Å². The maximum atomic E-state index is 13.6. The second kappa shape index (κ2) is 16.8. The van der Waals surface area contributed by atoms with E-state index in [1.807, 2.05) is 0 Å². The van der Waals surface area contributed by atoms with Crippen LogP contribution >= 0.6 is 11.6 Å². The molecule has 2 N–H and O–H groups in total. The van der Waals surface area contributed by atoms with Gasteiger partial charge < -0.3 is 24.8 Å². The van der Waals surface area contributed by atoms with Crippen molar-refractivity contribution < 1.29 is 33.4 Å². The van der Waals surface area contributed by atoms with E-state index in [4.69, 9.17) is 25.8 Å². The Morgan fingerprint density at radius 2 is 1.37 bits per heavy atom. The van der Waals surface area contributed by atoms with Crippen LogP contribution in [0.4, 0.5) is 11.4 Å². The zero-order valence-electron chi connectivity index (χ0n) is 31.6. The number of hydrogen-bond acceptors (Lipinski definition) is 7. The van der Waals surface area contributed by atoms with Gasteiger partial charge in [-0.2, -0.15) is 0 Å². The second-order valence-corrected chi connectivity index (χ2v) is 15.5. The number of rotatable bonds is 16. The van der Waals surface area contributed by atoms with Crippen molar-refractivity contribution >= 4 is 46.5 Å². The van der Waals surface area contributed by atoms with Gasteiger partial charge in [0, 0.05) is 28.8 Å². The first-order valence-electron chi connectivity index (χ1n) is 17.4. The number of benzene rings is 3. The third-order valence-electron chi connectivity index (χ3n) is 9.27. The van der Waals surface area contributed by atoms with E-state index in [0.717, 1.165) is 18.6 Å². The Morgan fingerprint density at radius 3 is 1.94 bits per heavy atom. The third kappa shape index (κ3) is 10.6. The number of Topliss-reactive ketones (excluding diaryl/α,β-unsaturated/α-hetero) is 1. The first-order valence-corrected chi connectivity index (χ1v) is 17.8. The van der Waals surface area contributed by atoms with Crippen LogP contribution in [0.2, 0.25) is 0 Å². The highest BCUT2D eigenvalue weighted by molar-refractivity contribution is 6.47. The van der Waals surface area contributed by atoms with Gasteiger partial charge >= 0.3 is 11.0 Å². The lowest BCUT2D eigenvalue weighted by molar-refractivity contribution is -0.144. The average Bonchev–Trinajstić information content (AvgIpc) is 3.09. The van der Waals surface area contributed by atoms with E-state index in [0.29, 0.717) is 24.4 Å². The van der Waals surface area contributed by atoms with E-state index >= 15 is 0 Å². The molecule has 3 aromatic rings. The van der Waals surface area contributed by atoms with E-state index < -0.39 is 28.1 Å². The van der Waals surface area contributed by atoms with Crippen molar-refractivity contribution in [2.24, 2.45) is 5.41 Å². The van der Waals surface area contributed by atoms with E-state index in [1.165, 1.54) is 42.5 Å². The summed E-state index contributed by atoms with van der Waals surface area (Å²) >= 11 is 6.70. The van der Waals surface area contributed by atoms with Gasteiger partial charge in [0.1, 0.15) is 11.5 Å². The molecule has 0 bridgehead atoms. The molecule has 3 rings (SSSR count). The predicted molar refractivity (Wildman–Crippen MR) is 203 cm³/mol. The number of ether oxygens (including phenoxy) is 3. The molecule has 1 unspecified atom stereocenters. The number of carbonyl (C=O) groups is 4. The summed E-state index contributed by atoms with van der Waals surface area (Å²) in [5.41, 5.74) is 2.38. The van der Waals surface area contributed by atoms with Crippen molar-refractivity contribution in [1.82, 2.24) is 0 Å². The highest BCUT2D eigenvalue weighted by Gasteiger charge is 2.51. The number of carbonyl (C=O) groups excluding carboxylic acids is 4. The number of methoxy groups -OCH3 is 1. The number of amides is 2. The average molecular weight is 721 g/mol. The van der Waals surface area contributed by atoms with Crippen LogP contribution in [0.15, 0.2) is 66.7 Å². The summed E-state index contributed by atoms with van der Waals surface area (Å²) in [6, 6.07) is 18.7. The smallest absolute Gasteiger partial charge is 0.337 e. The molecule has 0 fully saturated rings. The number of anilines is 2. The van der Waals surface area contributed by atoms with E-state index in [1.54, 1.807) is 45.0 Å². The second-order valence-electron chi connectivity index (χ2n) is 15.0. The van der Waals surface area contributed by atoms with E-state index in [-0.39, 0.29) is 34.5 Å². The fraction of sp³-hybridized carbons (Fsp3) is 0.463. The molecule has 51 heavy (non-hydrogen) atoms. The summed E-state index contributed by atoms with van der Waals surface area (Å²) in [7, 11) is 1.26. The number of alkyl halides is 1. The van der Waals surface area contributed by atoms with Crippen molar-refractivity contribution in [3.63, 3.8) is 0 Å². The fourth-order valence-electron chi connectivity index (χ4n) is 5.14. The maximum absolute atomic E-state index is 13.6. The highest BCUT2D eigenvalue weighted by atomic mass is 35.5.